The molecule has 1 aromatic carbocycles. The second kappa shape index (κ2) is 8.94. The van der Waals surface area contributed by atoms with Gasteiger partial charge in [0, 0.05) is 11.4 Å². The predicted molar refractivity (Wildman–Crippen MR) is 94.0 cm³/mol. The van der Waals surface area contributed by atoms with Crippen LogP contribution in [0.2, 0.25) is 0 Å². The molecule has 0 saturated heterocycles. The van der Waals surface area contributed by atoms with Gasteiger partial charge in [-0.15, -0.1) is 13.2 Å². The fraction of sp³-hybridized carbons (Fsp3) is 0.353. The smallest absolute Gasteiger partial charge is 0.406 e. The number of rotatable bonds is 7. The van der Waals surface area contributed by atoms with Crippen molar-refractivity contribution in [2.75, 3.05) is 11.1 Å². The third-order valence-electron chi connectivity index (χ3n) is 3.36. The summed E-state index contributed by atoms with van der Waals surface area (Å²) in [5.74, 6) is -0.283. The summed E-state index contributed by atoms with van der Waals surface area (Å²) < 4.78 is 45.2. The third-order valence-corrected chi connectivity index (χ3v) is 4.31. The van der Waals surface area contributed by atoms with Crippen LogP contribution in [0, 0.1) is 6.92 Å². The lowest BCUT2D eigenvalue weighted by Crippen LogP contribution is -2.17. The fourth-order valence-electron chi connectivity index (χ4n) is 2.09. The lowest BCUT2D eigenvalue weighted by Gasteiger charge is -2.10. The van der Waals surface area contributed by atoms with Crippen LogP contribution in [-0.2, 0) is 0 Å². The van der Waals surface area contributed by atoms with E-state index in [2.05, 4.69) is 15.2 Å². The van der Waals surface area contributed by atoms with E-state index >= 15 is 0 Å². The number of hydrogen-bond donors (Lipinski definition) is 1. The number of nitrogens with zero attached hydrogens (tertiary/aromatic N) is 1. The van der Waals surface area contributed by atoms with Gasteiger partial charge in [-0.05, 0) is 37.6 Å². The zero-order chi connectivity index (χ0) is 20.0. The number of amides is 1. The van der Waals surface area contributed by atoms with Gasteiger partial charge in [-0.1, -0.05) is 30.3 Å². The van der Waals surface area contributed by atoms with E-state index < -0.39 is 18.0 Å². The first-order valence-electron chi connectivity index (χ1n) is 8.02. The molecule has 2 rings (SSSR count). The van der Waals surface area contributed by atoms with Crippen LogP contribution >= 0.6 is 11.8 Å². The SMILES string of the molecule is CCCCSC(=O)c1noc(C)c1C(=O)Nc1ccc(OC(F)(F)F)cc1. The fourth-order valence-corrected chi connectivity index (χ4v) is 2.98. The number of nitrogens with one attached hydrogen (secondary N) is 1. The Morgan fingerprint density at radius 3 is 2.52 bits per heavy atom. The van der Waals surface area contributed by atoms with E-state index in [0.717, 1.165) is 36.7 Å². The molecule has 2 aromatic rings. The Labute approximate surface area is 157 Å². The van der Waals surface area contributed by atoms with E-state index in [9.17, 15) is 22.8 Å². The van der Waals surface area contributed by atoms with Gasteiger partial charge in [0.25, 0.3) is 5.91 Å². The number of ether oxygens (including phenoxy) is 1. The second-order valence-electron chi connectivity index (χ2n) is 5.48. The number of carbonyl (C=O) groups is 2. The summed E-state index contributed by atoms with van der Waals surface area (Å²) in [6.07, 6.45) is -3.02. The van der Waals surface area contributed by atoms with E-state index in [0.29, 0.717) is 5.75 Å². The van der Waals surface area contributed by atoms with Crippen molar-refractivity contribution in [3.05, 3.63) is 41.3 Å². The maximum atomic E-state index is 12.5. The number of thioether (sulfide) groups is 1. The zero-order valence-corrected chi connectivity index (χ0v) is 15.4. The van der Waals surface area contributed by atoms with Crippen molar-refractivity contribution in [1.82, 2.24) is 5.16 Å². The molecule has 6 nitrogen and oxygen atoms in total. The van der Waals surface area contributed by atoms with Crippen molar-refractivity contribution in [1.29, 1.82) is 0 Å². The maximum Gasteiger partial charge on any atom is 0.573 e. The van der Waals surface area contributed by atoms with Crippen LogP contribution in [0.1, 0.15) is 46.4 Å². The number of aromatic nitrogens is 1. The predicted octanol–water partition coefficient (Wildman–Crippen LogP) is 4.81. The Balaban J connectivity index is 2.10. The molecule has 1 heterocycles. The average Bonchev–Trinajstić information content (AvgIpc) is 2.97. The van der Waals surface area contributed by atoms with Gasteiger partial charge in [0.2, 0.25) is 5.12 Å². The van der Waals surface area contributed by atoms with E-state index in [4.69, 9.17) is 4.52 Å². The first-order chi connectivity index (χ1) is 12.7. The summed E-state index contributed by atoms with van der Waals surface area (Å²) in [4.78, 5) is 24.7. The molecule has 1 amide bonds. The Bertz CT molecular complexity index is 804. The minimum atomic E-state index is -4.80. The highest BCUT2D eigenvalue weighted by Gasteiger charge is 2.31. The number of benzene rings is 1. The topological polar surface area (TPSA) is 81.4 Å². The average molecular weight is 402 g/mol. The minimum absolute atomic E-state index is 0.000355. The number of halogens is 3. The molecule has 1 N–H and O–H groups in total. The first kappa shape index (κ1) is 20.8. The lowest BCUT2D eigenvalue weighted by atomic mass is 10.2. The summed E-state index contributed by atoms with van der Waals surface area (Å²) in [6.45, 7) is 3.49. The summed E-state index contributed by atoms with van der Waals surface area (Å²) in [5.41, 5.74) is 0.148. The molecule has 0 unspecified atom stereocenters. The van der Waals surface area contributed by atoms with E-state index in [1.807, 2.05) is 6.92 Å². The van der Waals surface area contributed by atoms with Crippen LogP contribution in [0.25, 0.3) is 0 Å². The highest BCUT2D eigenvalue weighted by atomic mass is 32.2. The highest BCUT2D eigenvalue weighted by Crippen LogP contribution is 2.25. The Morgan fingerprint density at radius 2 is 1.93 bits per heavy atom. The molecule has 1 aromatic heterocycles. The summed E-state index contributed by atoms with van der Waals surface area (Å²) in [6, 6.07) is 4.63. The Kier molecular flexibility index (Phi) is 6.89. The molecule has 0 fully saturated rings. The monoisotopic (exact) mass is 402 g/mol. The molecule has 0 bridgehead atoms. The van der Waals surface area contributed by atoms with Crippen LogP contribution in [0.5, 0.6) is 5.75 Å². The molecule has 27 heavy (non-hydrogen) atoms. The van der Waals surface area contributed by atoms with Crippen molar-refractivity contribution < 1.29 is 32.0 Å². The summed E-state index contributed by atoms with van der Waals surface area (Å²) >= 11 is 1.05. The summed E-state index contributed by atoms with van der Waals surface area (Å²) in [5, 5.41) is 5.79. The van der Waals surface area contributed by atoms with Gasteiger partial charge in [0.15, 0.2) is 5.69 Å². The molecule has 0 spiro atoms. The van der Waals surface area contributed by atoms with Crippen molar-refractivity contribution in [2.45, 2.75) is 33.1 Å². The summed E-state index contributed by atoms with van der Waals surface area (Å²) in [7, 11) is 0. The van der Waals surface area contributed by atoms with Gasteiger partial charge in [-0.25, -0.2) is 0 Å². The lowest BCUT2D eigenvalue weighted by molar-refractivity contribution is -0.274. The minimum Gasteiger partial charge on any atom is -0.406 e. The third kappa shape index (κ3) is 6.02. The maximum absolute atomic E-state index is 12.5. The second-order valence-corrected chi connectivity index (χ2v) is 6.55. The number of carbonyl (C=O) groups excluding carboxylic acids is 2. The van der Waals surface area contributed by atoms with Crippen LogP contribution in [0.15, 0.2) is 28.8 Å². The number of hydrogen-bond acceptors (Lipinski definition) is 6. The molecule has 0 aliphatic rings. The molecule has 0 aliphatic heterocycles. The largest absolute Gasteiger partial charge is 0.573 e. The van der Waals surface area contributed by atoms with Crippen molar-refractivity contribution in [3.63, 3.8) is 0 Å². The Hall–Kier alpha value is -2.49. The molecular weight excluding hydrogens is 385 g/mol. The molecule has 146 valence electrons. The highest BCUT2D eigenvalue weighted by molar-refractivity contribution is 8.14. The molecule has 0 atom stereocenters. The Morgan fingerprint density at radius 1 is 1.26 bits per heavy atom. The number of unbranched alkanes of at least 4 members (excludes halogenated alkanes) is 1. The zero-order valence-electron chi connectivity index (χ0n) is 14.6. The standard InChI is InChI=1S/C17H17F3N2O4S/c1-3-4-9-27-16(24)14-13(10(2)26-22-14)15(23)21-11-5-7-12(8-6-11)25-17(18,19)20/h5-8H,3-4,9H2,1-2H3,(H,21,23). The van der Waals surface area contributed by atoms with Gasteiger partial charge in [-0.3, -0.25) is 9.59 Å². The van der Waals surface area contributed by atoms with Crippen LogP contribution in [-0.4, -0.2) is 28.3 Å². The van der Waals surface area contributed by atoms with Gasteiger partial charge < -0.3 is 14.6 Å². The van der Waals surface area contributed by atoms with Crippen LogP contribution < -0.4 is 10.1 Å². The normalized spacial score (nSPS) is 11.3. The number of aryl methyl sites for hydroxylation is 1. The molecule has 0 aliphatic carbocycles. The van der Waals surface area contributed by atoms with E-state index in [1.54, 1.807) is 0 Å². The van der Waals surface area contributed by atoms with Crippen LogP contribution in [0.4, 0.5) is 18.9 Å². The van der Waals surface area contributed by atoms with E-state index in [1.165, 1.54) is 19.1 Å². The molecule has 0 radical (unpaired) electrons. The van der Waals surface area contributed by atoms with Crippen molar-refractivity contribution >= 4 is 28.5 Å². The van der Waals surface area contributed by atoms with Gasteiger partial charge in [0.1, 0.15) is 17.1 Å². The number of anilines is 1. The first-order valence-corrected chi connectivity index (χ1v) is 9.00. The molecule has 10 heteroatoms. The molecule has 0 saturated carbocycles. The molecular formula is C17H17F3N2O4S. The van der Waals surface area contributed by atoms with Gasteiger partial charge in [-0.2, -0.15) is 0 Å². The quantitative estimate of drug-likeness (QED) is 0.670. The number of alkyl halides is 3. The van der Waals surface area contributed by atoms with Crippen molar-refractivity contribution in [3.8, 4) is 5.75 Å². The van der Waals surface area contributed by atoms with Crippen molar-refractivity contribution in [2.24, 2.45) is 0 Å². The van der Waals surface area contributed by atoms with Gasteiger partial charge in [0.05, 0.1) is 0 Å². The van der Waals surface area contributed by atoms with Crippen LogP contribution in [0.3, 0.4) is 0 Å². The van der Waals surface area contributed by atoms with E-state index in [-0.39, 0.29) is 27.8 Å². The van der Waals surface area contributed by atoms with Gasteiger partial charge >= 0.3 is 6.36 Å².